The number of rotatable bonds is 7. The van der Waals surface area contributed by atoms with Gasteiger partial charge in [0.15, 0.2) is 0 Å². The van der Waals surface area contributed by atoms with Gasteiger partial charge in [0.2, 0.25) is 5.91 Å². The average Bonchev–Trinajstić information content (AvgIpc) is 3.00. The van der Waals surface area contributed by atoms with Crippen LogP contribution >= 0.6 is 0 Å². The fraction of sp³-hybridized carbons (Fsp3) is 0.533. The molecule has 7 heteroatoms. The quantitative estimate of drug-likeness (QED) is 0.707. The molecular formula is C15H22FN3O3. The van der Waals surface area contributed by atoms with Gasteiger partial charge >= 0.3 is 0 Å². The maximum atomic E-state index is 14.0. The fourth-order valence-corrected chi connectivity index (χ4v) is 2.26. The molecule has 4 N–H and O–H groups in total. The number of carbonyl (C=O) groups is 1. The van der Waals surface area contributed by atoms with E-state index in [0.29, 0.717) is 17.9 Å². The fourth-order valence-electron chi connectivity index (χ4n) is 2.26. The summed E-state index contributed by atoms with van der Waals surface area (Å²) in [7, 11) is 1.46. The van der Waals surface area contributed by atoms with Crippen LogP contribution in [0.4, 0.5) is 15.8 Å². The van der Waals surface area contributed by atoms with Crippen LogP contribution in [0.25, 0.3) is 0 Å². The SMILES string of the molecule is COCC(N)C(=O)Nc1ccc(NCC2CCCO2)c(F)c1. The Morgan fingerprint density at radius 1 is 1.59 bits per heavy atom. The molecule has 0 spiro atoms. The van der Waals surface area contributed by atoms with Crippen LogP contribution in [-0.2, 0) is 14.3 Å². The maximum Gasteiger partial charge on any atom is 0.243 e. The molecule has 0 aliphatic carbocycles. The standard InChI is InChI=1S/C15H22FN3O3/c1-21-9-13(17)15(20)19-10-4-5-14(12(16)7-10)18-8-11-3-2-6-22-11/h4-5,7,11,13,18H,2-3,6,8-9,17H2,1H3,(H,19,20). The van der Waals surface area contributed by atoms with Gasteiger partial charge in [-0.25, -0.2) is 4.39 Å². The van der Waals surface area contributed by atoms with E-state index in [1.54, 1.807) is 12.1 Å². The Bertz CT molecular complexity index is 507. The van der Waals surface area contributed by atoms with E-state index in [2.05, 4.69) is 10.6 Å². The minimum Gasteiger partial charge on any atom is -0.383 e. The molecule has 122 valence electrons. The van der Waals surface area contributed by atoms with E-state index in [1.165, 1.54) is 13.2 Å². The molecular weight excluding hydrogens is 289 g/mol. The van der Waals surface area contributed by atoms with Crippen molar-refractivity contribution in [3.8, 4) is 0 Å². The summed E-state index contributed by atoms with van der Waals surface area (Å²) < 4.78 is 24.3. The number of carbonyl (C=O) groups excluding carboxylic acids is 1. The van der Waals surface area contributed by atoms with Gasteiger partial charge in [-0.3, -0.25) is 4.79 Å². The van der Waals surface area contributed by atoms with Crippen LogP contribution in [0.15, 0.2) is 18.2 Å². The van der Waals surface area contributed by atoms with Gasteiger partial charge in [-0.05, 0) is 31.0 Å². The third-order valence-corrected chi connectivity index (χ3v) is 3.46. The summed E-state index contributed by atoms with van der Waals surface area (Å²) in [6, 6.07) is 3.68. The predicted molar refractivity (Wildman–Crippen MR) is 82.3 cm³/mol. The van der Waals surface area contributed by atoms with E-state index in [9.17, 15) is 9.18 Å². The van der Waals surface area contributed by atoms with Crippen molar-refractivity contribution in [1.82, 2.24) is 0 Å². The molecule has 1 fully saturated rings. The number of methoxy groups -OCH3 is 1. The van der Waals surface area contributed by atoms with E-state index >= 15 is 0 Å². The Morgan fingerprint density at radius 3 is 3.05 bits per heavy atom. The van der Waals surface area contributed by atoms with Gasteiger partial charge < -0.3 is 25.8 Å². The molecule has 1 aromatic rings. The second kappa shape index (κ2) is 8.07. The van der Waals surface area contributed by atoms with Gasteiger partial charge in [-0.1, -0.05) is 0 Å². The normalized spacial score (nSPS) is 19.0. The van der Waals surface area contributed by atoms with E-state index in [-0.39, 0.29) is 12.7 Å². The third-order valence-electron chi connectivity index (χ3n) is 3.46. The zero-order valence-electron chi connectivity index (χ0n) is 12.6. The predicted octanol–water partition coefficient (Wildman–Crippen LogP) is 1.33. The van der Waals surface area contributed by atoms with E-state index in [1.807, 2.05) is 0 Å². The van der Waals surface area contributed by atoms with Crippen LogP contribution < -0.4 is 16.4 Å². The summed E-state index contributed by atoms with van der Waals surface area (Å²) in [5.41, 5.74) is 6.35. The first-order chi connectivity index (χ1) is 10.6. The van der Waals surface area contributed by atoms with Crippen molar-refractivity contribution in [2.45, 2.75) is 25.0 Å². The molecule has 1 heterocycles. The lowest BCUT2D eigenvalue weighted by molar-refractivity contribution is -0.118. The highest BCUT2D eigenvalue weighted by atomic mass is 19.1. The summed E-state index contributed by atoms with van der Waals surface area (Å²) in [4.78, 5) is 11.7. The van der Waals surface area contributed by atoms with Crippen LogP contribution in [0.1, 0.15) is 12.8 Å². The number of hydrogen-bond donors (Lipinski definition) is 3. The van der Waals surface area contributed by atoms with Crippen LogP contribution in [0.5, 0.6) is 0 Å². The number of nitrogens with two attached hydrogens (primary N) is 1. The highest BCUT2D eigenvalue weighted by Crippen LogP contribution is 2.20. The van der Waals surface area contributed by atoms with Gasteiger partial charge in [0, 0.05) is 25.9 Å². The van der Waals surface area contributed by atoms with Gasteiger partial charge in [0.25, 0.3) is 0 Å². The Kier molecular flexibility index (Phi) is 6.11. The molecule has 0 aromatic heterocycles. The van der Waals surface area contributed by atoms with Crippen molar-refractivity contribution in [2.24, 2.45) is 5.73 Å². The zero-order chi connectivity index (χ0) is 15.9. The molecule has 1 aliphatic heterocycles. The number of hydrogen-bond acceptors (Lipinski definition) is 5. The van der Waals surface area contributed by atoms with Gasteiger partial charge in [0.05, 0.1) is 18.4 Å². The van der Waals surface area contributed by atoms with E-state index in [0.717, 1.165) is 19.4 Å². The lowest BCUT2D eigenvalue weighted by atomic mass is 10.2. The first kappa shape index (κ1) is 16.7. The minimum absolute atomic E-state index is 0.106. The van der Waals surface area contributed by atoms with E-state index < -0.39 is 17.8 Å². The molecule has 22 heavy (non-hydrogen) atoms. The number of benzene rings is 1. The molecule has 1 aliphatic rings. The molecule has 2 atom stereocenters. The average molecular weight is 311 g/mol. The van der Waals surface area contributed by atoms with Crippen molar-refractivity contribution < 1.29 is 18.7 Å². The van der Waals surface area contributed by atoms with Gasteiger partial charge in [0.1, 0.15) is 11.9 Å². The van der Waals surface area contributed by atoms with Crippen LogP contribution in [0.3, 0.4) is 0 Å². The smallest absolute Gasteiger partial charge is 0.243 e. The van der Waals surface area contributed by atoms with Crippen molar-refractivity contribution in [3.63, 3.8) is 0 Å². The Morgan fingerprint density at radius 2 is 2.41 bits per heavy atom. The Hall–Kier alpha value is -1.70. The highest BCUT2D eigenvalue weighted by Gasteiger charge is 2.16. The molecule has 6 nitrogen and oxygen atoms in total. The topological polar surface area (TPSA) is 85.6 Å². The number of halogens is 1. The summed E-state index contributed by atoms with van der Waals surface area (Å²) in [6.07, 6.45) is 2.16. The number of nitrogens with one attached hydrogen (secondary N) is 2. The monoisotopic (exact) mass is 311 g/mol. The Balaban J connectivity index is 1.89. The summed E-state index contributed by atoms with van der Waals surface area (Å²) in [5, 5.41) is 5.58. The zero-order valence-corrected chi connectivity index (χ0v) is 12.6. The largest absolute Gasteiger partial charge is 0.383 e. The lowest BCUT2D eigenvalue weighted by Gasteiger charge is -2.14. The molecule has 1 aromatic carbocycles. The van der Waals surface area contributed by atoms with E-state index in [4.69, 9.17) is 15.2 Å². The second-order valence-corrected chi connectivity index (χ2v) is 5.26. The molecule has 1 saturated heterocycles. The number of anilines is 2. The molecule has 0 radical (unpaired) electrons. The van der Waals surface area contributed by atoms with Crippen molar-refractivity contribution in [1.29, 1.82) is 0 Å². The number of amides is 1. The lowest BCUT2D eigenvalue weighted by Crippen LogP contribution is -2.39. The van der Waals surface area contributed by atoms with Crippen LogP contribution in [0, 0.1) is 5.82 Å². The first-order valence-corrected chi connectivity index (χ1v) is 7.30. The Labute approximate surface area is 129 Å². The first-order valence-electron chi connectivity index (χ1n) is 7.30. The molecule has 2 rings (SSSR count). The van der Waals surface area contributed by atoms with Gasteiger partial charge in [-0.15, -0.1) is 0 Å². The molecule has 0 bridgehead atoms. The van der Waals surface area contributed by atoms with Crippen LogP contribution in [-0.4, -0.2) is 44.9 Å². The van der Waals surface area contributed by atoms with Crippen molar-refractivity contribution in [3.05, 3.63) is 24.0 Å². The minimum atomic E-state index is -0.787. The maximum absolute atomic E-state index is 14.0. The van der Waals surface area contributed by atoms with Gasteiger partial charge in [-0.2, -0.15) is 0 Å². The van der Waals surface area contributed by atoms with Crippen molar-refractivity contribution in [2.75, 3.05) is 37.5 Å². The highest BCUT2D eigenvalue weighted by molar-refractivity contribution is 5.94. The van der Waals surface area contributed by atoms with Crippen molar-refractivity contribution >= 4 is 17.3 Å². The molecule has 0 saturated carbocycles. The third kappa shape index (κ3) is 4.66. The second-order valence-electron chi connectivity index (χ2n) is 5.26. The number of ether oxygens (including phenoxy) is 2. The summed E-state index contributed by atoms with van der Waals surface area (Å²) in [5.74, 6) is -0.850. The summed E-state index contributed by atoms with van der Waals surface area (Å²) in [6.45, 7) is 1.44. The summed E-state index contributed by atoms with van der Waals surface area (Å²) >= 11 is 0. The van der Waals surface area contributed by atoms with Crippen LogP contribution in [0.2, 0.25) is 0 Å². The molecule has 2 unspecified atom stereocenters. The molecule has 1 amide bonds.